The number of oxazole rings is 1. The summed E-state index contributed by atoms with van der Waals surface area (Å²) < 4.78 is 39.2. The number of carbonyl (C=O) groups is 1. The number of aromatic nitrogens is 1. The van der Waals surface area contributed by atoms with Crippen LogP contribution in [-0.2, 0) is 14.8 Å². The fourth-order valence-corrected chi connectivity index (χ4v) is 4.98. The summed E-state index contributed by atoms with van der Waals surface area (Å²) in [6.07, 6.45) is 0. The Morgan fingerprint density at radius 1 is 1.06 bits per heavy atom. The number of fused-ring (bicyclic) bond motifs is 1. The van der Waals surface area contributed by atoms with Gasteiger partial charge in [0, 0.05) is 5.69 Å². The van der Waals surface area contributed by atoms with Gasteiger partial charge in [-0.15, -0.1) is 0 Å². The molecule has 4 rings (SSSR count). The van der Waals surface area contributed by atoms with Gasteiger partial charge in [-0.25, -0.2) is 13.4 Å². The van der Waals surface area contributed by atoms with Crippen LogP contribution in [0.4, 0.5) is 11.4 Å². The lowest BCUT2D eigenvalue weighted by Crippen LogP contribution is -2.15. The normalized spacial score (nSPS) is 11.4. The van der Waals surface area contributed by atoms with E-state index < -0.39 is 10.0 Å². The second-order valence-corrected chi connectivity index (χ2v) is 10.1. The van der Waals surface area contributed by atoms with E-state index in [1.165, 1.54) is 19.2 Å². The summed E-state index contributed by atoms with van der Waals surface area (Å²) in [5.41, 5.74) is 4.00. The average Bonchev–Trinajstić information content (AvgIpc) is 3.23. The number of thioether (sulfide) groups is 1. The van der Waals surface area contributed by atoms with E-state index >= 15 is 0 Å². The van der Waals surface area contributed by atoms with E-state index in [4.69, 9.17) is 9.15 Å². The van der Waals surface area contributed by atoms with Gasteiger partial charge in [-0.05, 0) is 61.4 Å². The molecule has 2 N–H and O–H groups in total. The molecule has 0 atom stereocenters. The van der Waals surface area contributed by atoms with Gasteiger partial charge < -0.3 is 14.5 Å². The number of anilines is 2. The van der Waals surface area contributed by atoms with Crippen LogP contribution in [0.25, 0.3) is 11.1 Å². The number of hydrogen-bond acceptors (Lipinski definition) is 7. The van der Waals surface area contributed by atoms with Gasteiger partial charge in [-0.2, -0.15) is 0 Å². The number of rotatable bonds is 8. The van der Waals surface area contributed by atoms with Crippen LogP contribution in [-0.4, -0.2) is 32.2 Å². The minimum atomic E-state index is -3.88. The van der Waals surface area contributed by atoms with Crippen LogP contribution in [0.3, 0.4) is 0 Å². The molecule has 1 aromatic heterocycles. The molecule has 8 nitrogen and oxygen atoms in total. The van der Waals surface area contributed by atoms with Crippen molar-refractivity contribution in [2.75, 3.05) is 22.9 Å². The number of para-hydroxylation sites is 2. The number of benzene rings is 3. The Labute approximate surface area is 201 Å². The lowest BCUT2D eigenvalue weighted by atomic mass is 10.1. The van der Waals surface area contributed by atoms with Crippen LogP contribution >= 0.6 is 11.8 Å². The van der Waals surface area contributed by atoms with Crippen LogP contribution in [0.5, 0.6) is 5.75 Å². The van der Waals surface area contributed by atoms with Crippen molar-refractivity contribution in [3.8, 4) is 5.75 Å². The zero-order valence-corrected chi connectivity index (χ0v) is 20.4. The van der Waals surface area contributed by atoms with Gasteiger partial charge in [0.2, 0.25) is 5.91 Å². The summed E-state index contributed by atoms with van der Waals surface area (Å²) in [6, 6.07) is 16.9. The number of nitrogens with one attached hydrogen (secondary N) is 2. The molecule has 0 saturated heterocycles. The van der Waals surface area contributed by atoms with E-state index in [-0.39, 0.29) is 21.8 Å². The maximum absolute atomic E-state index is 12.9. The molecule has 176 valence electrons. The molecule has 0 aliphatic rings. The van der Waals surface area contributed by atoms with Gasteiger partial charge in [0.05, 0.1) is 23.4 Å². The molecule has 0 radical (unpaired) electrons. The quantitative estimate of drug-likeness (QED) is 0.330. The highest BCUT2D eigenvalue weighted by molar-refractivity contribution is 7.99. The van der Waals surface area contributed by atoms with Gasteiger partial charge in [-0.1, -0.05) is 36.0 Å². The van der Waals surface area contributed by atoms with E-state index in [1.807, 2.05) is 32.0 Å². The van der Waals surface area contributed by atoms with Crippen LogP contribution in [0.15, 0.2) is 75.2 Å². The Morgan fingerprint density at radius 2 is 1.82 bits per heavy atom. The molecule has 0 fully saturated rings. The number of hydrogen-bond donors (Lipinski definition) is 2. The summed E-state index contributed by atoms with van der Waals surface area (Å²) in [5.74, 6) is 0.317. The highest BCUT2D eigenvalue weighted by Crippen LogP contribution is 2.29. The van der Waals surface area contributed by atoms with Crippen molar-refractivity contribution in [3.05, 3.63) is 71.8 Å². The minimum Gasteiger partial charge on any atom is -0.495 e. The van der Waals surface area contributed by atoms with Gasteiger partial charge >= 0.3 is 0 Å². The van der Waals surface area contributed by atoms with E-state index in [0.29, 0.717) is 22.5 Å². The van der Waals surface area contributed by atoms with E-state index in [9.17, 15) is 13.2 Å². The smallest absolute Gasteiger partial charge is 0.262 e. The van der Waals surface area contributed by atoms with Crippen molar-refractivity contribution in [1.82, 2.24) is 4.98 Å². The number of methoxy groups -OCH3 is 1. The van der Waals surface area contributed by atoms with Crippen molar-refractivity contribution < 1.29 is 22.4 Å². The Kier molecular flexibility index (Phi) is 6.80. The predicted octanol–water partition coefficient (Wildman–Crippen LogP) is 4.98. The first-order valence-electron chi connectivity index (χ1n) is 10.3. The van der Waals surface area contributed by atoms with Crippen LogP contribution in [0.2, 0.25) is 0 Å². The third kappa shape index (κ3) is 5.18. The van der Waals surface area contributed by atoms with E-state index in [2.05, 4.69) is 15.0 Å². The summed E-state index contributed by atoms with van der Waals surface area (Å²) in [7, 11) is -2.41. The molecule has 3 aromatic carbocycles. The lowest BCUT2D eigenvalue weighted by molar-refractivity contribution is -0.113. The second kappa shape index (κ2) is 9.78. The highest BCUT2D eigenvalue weighted by atomic mass is 32.2. The van der Waals surface area contributed by atoms with Crippen LogP contribution in [0.1, 0.15) is 11.1 Å². The number of sulfonamides is 1. The third-order valence-corrected chi connectivity index (χ3v) is 7.40. The molecule has 34 heavy (non-hydrogen) atoms. The lowest BCUT2D eigenvalue weighted by Gasteiger charge is -2.11. The number of aryl methyl sites for hydroxylation is 1. The van der Waals surface area contributed by atoms with Crippen molar-refractivity contribution in [1.29, 1.82) is 0 Å². The molecule has 1 heterocycles. The molecule has 0 bridgehead atoms. The summed E-state index contributed by atoms with van der Waals surface area (Å²) in [4.78, 5) is 16.7. The van der Waals surface area contributed by atoms with E-state index in [0.717, 1.165) is 28.6 Å². The molecule has 4 aromatic rings. The van der Waals surface area contributed by atoms with Gasteiger partial charge in [0.25, 0.3) is 15.2 Å². The van der Waals surface area contributed by atoms with Crippen molar-refractivity contribution in [2.45, 2.75) is 24.0 Å². The monoisotopic (exact) mass is 497 g/mol. The minimum absolute atomic E-state index is 0.0309. The molecular formula is C24H23N3O5S2. The third-order valence-electron chi connectivity index (χ3n) is 5.21. The predicted molar refractivity (Wildman–Crippen MR) is 133 cm³/mol. The zero-order valence-electron chi connectivity index (χ0n) is 18.8. The Morgan fingerprint density at radius 3 is 2.62 bits per heavy atom. The molecule has 1 amide bonds. The van der Waals surface area contributed by atoms with Crippen molar-refractivity contribution in [3.63, 3.8) is 0 Å². The molecule has 0 aliphatic carbocycles. The van der Waals surface area contributed by atoms with E-state index in [1.54, 1.807) is 30.3 Å². The van der Waals surface area contributed by atoms with Crippen molar-refractivity contribution in [2.24, 2.45) is 0 Å². The Bertz CT molecular complexity index is 1460. The Hall–Kier alpha value is -3.50. The van der Waals surface area contributed by atoms with Crippen LogP contribution in [0, 0.1) is 13.8 Å². The molecule has 0 saturated carbocycles. The maximum Gasteiger partial charge on any atom is 0.262 e. The average molecular weight is 498 g/mol. The largest absolute Gasteiger partial charge is 0.495 e. The molecular weight excluding hydrogens is 474 g/mol. The first-order valence-corrected chi connectivity index (χ1v) is 12.8. The SMILES string of the molecule is COc1ccccc1NS(=O)(=O)c1ccc2oc(SCC(=O)Nc3cccc(C)c3C)nc2c1. The van der Waals surface area contributed by atoms with Crippen LogP contribution < -0.4 is 14.8 Å². The number of nitrogens with zero attached hydrogens (tertiary/aromatic N) is 1. The molecule has 10 heteroatoms. The summed E-state index contributed by atoms with van der Waals surface area (Å²) in [6.45, 7) is 3.94. The maximum atomic E-state index is 12.9. The fourth-order valence-electron chi connectivity index (χ4n) is 3.25. The topological polar surface area (TPSA) is 111 Å². The van der Waals surface area contributed by atoms with Gasteiger partial charge in [0.15, 0.2) is 5.58 Å². The second-order valence-electron chi connectivity index (χ2n) is 7.50. The number of carbonyl (C=O) groups excluding carboxylic acids is 1. The van der Waals surface area contributed by atoms with Crippen molar-refractivity contribution >= 4 is 50.2 Å². The molecule has 0 unspecified atom stereocenters. The highest BCUT2D eigenvalue weighted by Gasteiger charge is 2.19. The van der Waals surface area contributed by atoms with Gasteiger partial charge in [-0.3, -0.25) is 9.52 Å². The first kappa shape index (κ1) is 23.7. The summed E-state index contributed by atoms with van der Waals surface area (Å²) in [5, 5.41) is 3.17. The zero-order chi connectivity index (χ0) is 24.3. The summed E-state index contributed by atoms with van der Waals surface area (Å²) >= 11 is 1.13. The standard InChI is InChI=1S/C24H23N3O5S2/c1-15-7-6-9-18(16(15)2)25-23(28)14-33-24-26-20-13-17(11-12-22(20)32-24)34(29,30)27-19-8-4-5-10-21(19)31-3/h4-13,27H,14H2,1-3H3,(H,25,28). The molecule has 0 spiro atoms. The Balaban J connectivity index is 1.46. The first-order chi connectivity index (χ1) is 16.3. The number of amides is 1. The number of ether oxygens (including phenoxy) is 1. The van der Waals surface area contributed by atoms with Gasteiger partial charge in [0.1, 0.15) is 11.3 Å². The molecule has 0 aliphatic heterocycles. The fraction of sp³-hybridized carbons (Fsp3) is 0.167.